The normalized spacial score (nSPS) is 10.9. The molecule has 0 aliphatic rings. The Kier molecular flexibility index (Phi) is 4.66. The number of hydrogen-bond donors (Lipinski definition) is 0. The summed E-state index contributed by atoms with van der Waals surface area (Å²) in [5.41, 5.74) is 0.540. The Bertz CT molecular complexity index is 396. The van der Waals surface area contributed by atoms with Gasteiger partial charge in [-0.2, -0.15) is 0 Å². The van der Waals surface area contributed by atoms with E-state index in [4.69, 9.17) is 39.5 Å². The average Bonchev–Trinajstić information content (AvgIpc) is 2.24. The Balaban J connectivity index is 3.04. The Morgan fingerprint density at radius 1 is 1.38 bits per heavy atom. The predicted octanol–water partition coefficient (Wildman–Crippen LogP) is 3.86. The van der Waals surface area contributed by atoms with E-state index in [1.54, 1.807) is 24.3 Å². The molecule has 0 saturated carbocycles. The van der Waals surface area contributed by atoms with Crippen molar-refractivity contribution in [3.8, 4) is 0 Å². The van der Waals surface area contributed by atoms with Crippen molar-refractivity contribution in [2.24, 2.45) is 0 Å². The molecule has 0 N–H and O–H groups in total. The second-order valence-electron chi connectivity index (χ2n) is 2.93. The van der Waals surface area contributed by atoms with E-state index in [-0.39, 0.29) is 12.2 Å². The van der Waals surface area contributed by atoms with Crippen LogP contribution in [0.1, 0.15) is 15.9 Å². The highest BCUT2D eigenvalue weighted by atomic mass is 35.6. The molecule has 0 amide bonds. The van der Waals surface area contributed by atoms with Gasteiger partial charge in [0.15, 0.2) is 0 Å². The van der Waals surface area contributed by atoms with Crippen LogP contribution in [0.5, 0.6) is 0 Å². The Morgan fingerprint density at radius 3 is 2.56 bits per heavy atom. The highest BCUT2D eigenvalue weighted by molar-refractivity contribution is 6.67. The molecular formula is C11H9Cl3O2. The number of halogens is 3. The van der Waals surface area contributed by atoms with E-state index < -0.39 is 9.76 Å². The van der Waals surface area contributed by atoms with Crippen LogP contribution in [-0.4, -0.2) is 12.6 Å². The van der Waals surface area contributed by atoms with E-state index in [0.717, 1.165) is 0 Å². The third kappa shape index (κ3) is 3.41. The monoisotopic (exact) mass is 278 g/mol. The molecule has 16 heavy (non-hydrogen) atoms. The van der Waals surface area contributed by atoms with E-state index in [1.807, 2.05) is 0 Å². The summed E-state index contributed by atoms with van der Waals surface area (Å²) >= 11 is 17.2. The molecule has 1 rings (SSSR count). The third-order valence-corrected chi connectivity index (χ3v) is 2.40. The fourth-order valence-electron chi connectivity index (χ4n) is 1.12. The molecule has 1 aromatic rings. The predicted molar refractivity (Wildman–Crippen MR) is 66.2 cm³/mol. The SMILES string of the molecule is C=CCOC(=O)c1ccccc1C(Cl)(Cl)Cl. The van der Waals surface area contributed by atoms with Gasteiger partial charge in [0.2, 0.25) is 3.79 Å². The summed E-state index contributed by atoms with van der Waals surface area (Å²) in [5.74, 6) is -0.540. The van der Waals surface area contributed by atoms with Gasteiger partial charge in [-0.15, -0.1) is 0 Å². The van der Waals surface area contributed by atoms with Gasteiger partial charge in [-0.25, -0.2) is 4.79 Å². The number of ether oxygens (including phenoxy) is 1. The van der Waals surface area contributed by atoms with Crippen LogP contribution >= 0.6 is 34.8 Å². The molecule has 0 unspecified atom stereocenters. The van der Waals surface area contributed by atoms with E-state index in [9.17, 15) is 4.79 Å². The lowest BCUT2D eigenvalue weighted by molar-refractivity contribution is 0.0548. The van der Waals surface area contributed by atoms with Crippen LogP contribution in [0.4, 0.5) is 0 Å². The van der Waals surface area contributed by atoms with Gasteiger partial charge < -0.3 is 4.74 Å². The lowest BCUT2D eigenvalue weighted by Crippen LogP contribution is -2.12. The Morgan fingerprint density at radius 2 is 2.00 bits per heavy atom. The van der Waals surface area contributed by atoms with Gasteiger partial charge in [-0.1, -0.05) is 65.7 Å². The molecule has 0 spiro atoms. The second kappa shape index (κ2) is 5.58. The van der Waals surface area contributed by atoms with E-state index in [0.29, 0.717) is 5.56 Å². The number of hydrogen-bond acceptors (Lipinski definition) is 2. The highest BCUT2D eigenvalue weighted by Gasteiger charge is 2.28. The maximum absolute atomic E-state index is 11.6. The quantitative estimate of drug-likeness (QED) is 0.477. The average molecular weight is 280 g/mol. The molecule has 0 aromatic heterocycles. The van der Waals surface area contributed by atoms with Crippen molar-refractivity contribution in [1.29, 1.82) is 0 Å². The summed E-state index contributed by atoms with van der Waals surface area (Å²) < 4.78 is 3.23. The van der Waals surface area contributed by atoms with Crippen molar-refractivity contribution in [2.45, 2.75) is 3.79 Å². The lowest BCUT2D eigenvalue weighted by atomic mass is 10.1. The fourth-order valence-corrected chi connectivity index (χ4v) is 1.62. The van der Waals surface area contributed by atoms with Crippen LogP contribution in [0.25, 0.3) is 0 Å². The Hall–Kier alpha value is -0.700. The van der Waals surface area contributed by atoms with Crippen LogP contribution in [0.15, 0.2) is 36.9 Å². The lowest BCUT2D eigenvalue weighted by Gasteiger charge is -2.15. The summed E-state index contributed by atoms with van der Waals surface area (Å²) in [5, 5.41) is 0. The fraction of sp³-hybridized carbons (Fsp3) is 0.182. The van der Waals surface area contributed by atoms with Crippen molar-refractivity contribution in [2.75, 3.05) is 6.61 Å². The standard InChI is InChI=1S/C11H9Cl3O2/c1-2-7-16-10(15)8-5-3-4-6-9(8)11(12,13)14/h2-6H,1,7H2. The number of rotatable bonds is 3. The molecule has 86 valence electrons. The molecule has 2 nitrogen and oxygen atoms in total. The number of benzene rings is 1. The molecule has 0 bridgehead atoms. The van der Waals surface area contributed by atoms with Gasteiger partial charge >= 0.3 is 5.97 Å². The molecule has 0 radical (unpaired) electrons. The minimum atomic E-state index is -1.65. The molecule has 0 saturated heterocycles. The summed E-state index contributed by atoms with van der Waals surface area (Å²) in [7, 11) is 0. The summed E-state index contributed by atoms with van der Waals surface area (Å²) in [6.07, 6.45) is 1.47. The third-order valence-electron chi connectivity index (χ3n) is 1.78. The second-order valence-corrected chi connectivity index (χ2v) is 5.21. The van der Waals surface area contributed by atoms with Crippen LogP contribution in [0, 0.1) is 0 Å². The molecule has 0 atom stereocenters. The number of carbonyl (C=O) groups is 1. The van der Waals surface area contributed by atoms with Crippen LogP contribution in [0.2, 0.25) is 0 Å². The molecule has 0 heterocycles. The molecule has 1 aromatic carbocycles. The van der Waals surface area contributed by atoms with Crippen molar-refractivity contribution < 1.29 is 9.53 Å². The summed E-state index contributed by atoms with van der Waals surface area (Å²) in [6, 6.07) is 6.46. The number of esters is 1. The summed E-state index contributed by atoms with van der Waals surface area (Å²) in [6.45, 7) is 3.56. The van der Waals surface area contributed by atoms with Gasteiger partial charge in [-0.05, 0) is 6.07 Å². The smallest absolute Gasteiger partial charge is 0.338 e. The maximum Gasteiger partial charge on any atom is 0.338 e. The topological polar surface area (TPSA) is 26.3 Å². The first kappa shape index (κ1) is 13.4. The van der Waals surface area contributed by atoms with Crippen molar-refractivity contribution in [3.63, 3.8) is 0 Å². The van der Waals surface area contributed by atoms with Crippen LogP contribution in [-0.2, 0) is 8.53 Å². The van der Waals surface area contributed by atoms with E-state index in [1.165, 1.54) is 6.08 Å². The minimum Gasteiger partial charge on any atom is -0.458 e. The summed E-state index contributed by atoms with van der Waals surface area (Å²) in [4.78, 5) is 11.6. The zero-order valence-electron chi connectivity index (χ0n) is 8.25. The maximum atomic E-state index is 11.6. The van der Waals surface area contributed by atoms with E-state index >= 15 is 0 Å². The van der Waals surface area contributed by atoms with Crippen LogP contribution in [0.3, 0.4) is 0 Å². The number of alkyl halides is 3. The van der Waals surface area contributed by atoms with Crippen molar-refractivity contribution >= 4 is 40.8 Å². The highest BCUT2D eigenvalue weighted by Crippen LogP contribution is 2.40. The first-order valence-corrected chi connectivity index (χ1v) is 5.54. The van der Waals surface area contributed by atoms with Gasteiger partial charge in [0.1, 0.15) is 6.61 Å². The zero-order chi connectivity index (χ0) is 12.2. The van der Waals surface area contributed by atoms with E-state index in [2.05, 4.69) is 6.58 Å². The van der Waals surface area contributed by atoms with Gasteiger partial charge in [0, 0.05) is 5.56 Å². The first-order valence-electron chi connectivity index (χ1n) is 4.41. The van der Waals surface area contributed by atoms with Crippen LogP contribution < -0.4 is 0 Å². The van der Waals surface area contributed by atoms with Gasteiger partial charge in [-0.3, -0.25) is 0 Å². The molecule has 5 heteroatoms. The molecule has 0 fully saturated rings. The first-order chi connectivity index (χ1) is 7.46. The minimum absolute atomic E-state index is 0.118. The molecular weight excluding hydrogens is 270 g/mol. The number of carbonyl (C=O) groups excluding carboxylic acids is 1. The largest absolute Gasteiger partial charge is 0.458 e. The van der Waals surface area contributed by atoms with Crippen molar-refractivity contribution in [3.05, 3.63) is 48.0 Å². The Labute approximate surface area is 109 Å². The van der Waals surface area contributed by atoms with Gasteiger partial charge in [0.05, 0.1) is 5.56 Å². The van der Waals surface area contributed by atoms with Crippen molar-refractivity contribution in [1.82, 2.24) is 0 Å². The molecule has 0 aliphatic carbocycles. The molecule has 0 aliphatic heterocycles. The van der Waals surface area contributed by atoms with Gasteiger partial charge in [0.25, 0.3) is 0 Å². The zero-order valence-corrected chi connectivity index (χ0v) is 10.5.